The highest BCUT2D eigenvalue weighted by atomic mass is 35.5. The van der Waals surface area contributed by atoms with Gasteiger partial charge in [-0.2, -0.15) is 0 Å². The molecule has 0 atom stereocenters. The van der Waals surface area contributed by atoms with Crippen molar-refractivity contribution in [3.8, 4) is 0 Å². The molecule has 2 aromatic carbocycles. The van der Waals surface area contributed by atoms with Gasteiger partial charge in [-0.1, -0.05) is 82.7 Å². The maximum absolute atomic E-state index is 6.18. The first-order chi connectivity index (χ1) is 11.2. The molecule has 3 nitrogen and oxygen atoms in total. The number of aromatic nitrogens is 2. The molecule has 0 saturated carbocycles. The molecule has 0 aliphatic carbocycles. The Morgan fingerprint density at radius 1 is 0.957 bits per heavy atom. The van der Waals surface area contributed by atoms with E-state index >= 15 is 0 Å². The van der Waals surface area contributed by atoms with E-state index in [0.717, 1.165) is 21.6 Å². The summed E-state index contributed by atoms with van der Waals surface area (Å²) in [4.78, 5) is 0. The van der Waals surface area contributed by atoms with Gasteiger partial charge < -0.3 is 5.32 Å². The Bertz CT molecular complexity index is 758. The van der Waals surface area contributed by atoms with Gasteiger partial charge >= 0.3 is 0 Å². The van der Waals surface area contributed by atoms with E-state index in [2.05, 4.69) is 27.6 Å². The Labute approximate surface area is 153 Å². The normalized spacial score (nSPS) is 10.7. The van der Waals surface area contributed by atoms with Crippen molar-refractivity contribution in [2.45, 2.75) is 16.6 Å². The van der Waals surface area contributed by atoms with E-state index < -0.39 is 0 Å². The van der Waals surface area contributed by atoms with Crippen molar-refractivity contribution < 1.29 is 0 Å². The van der Waals surface area contributed by atoms with Crippen LogP contribution in [0.25, 0.3) is 0 Å². The molecule has 1 N–H and O–H groups in total. The van der Waals surface area contributed by atoms with E-state index in [1.54, 1.807) is 11.8 Å². The van der Waals surface area contributed by atoms with Gasteiger partial charge in [0.15, 0.2) is 4.34 Å². The second-order valence-corrected chi connectivity index (χ2v) is 7.72. The highest BCUT2D eigenvalue weighted by Crippen LogP contribution is 2.33. The molecule has 0 bridgehead atoms. The molecule has 1 aromatic heterocycles. The van der Waals surface area contributed by atoms with Crippen LogP contribution in [0.2, 0.25) is 10.0 Å². The Morgan fingerprint density at radius 2 is 1.70 bits per heavy atom. The van der Waals surface area contributed by atoms with Gasteiger partial charge in [0.1, 0.15) is 0 Å². The lowest BCUT2D eigenvalue weighted by molar-refractivity contribution is 0.995. The highest BCUT2D eigenvalue weighted by molar-refractivity contribution is 8.00. The molecule has 7 heteroatoms. The number of hydrogen-bond donors (Lipinski definition) is 1. The molecule has 23 heavy (non-hydrogen) atoms. The molecule has 118 valence electrons. The standard InChI is InChI=1S/C16H13Cl2N3S2/c17-13-7-4-8-14(18)12(13)10-22-16-21-20-15(23-16)19-9-11-5-2-1-3-6-11/h1-8H,9-10H2,(H,19,20). The monoisotopic (exact) mass is 381 g/mol. The first kappa shape index (κ1) is 16.6. The van der Waals surface area contributed by atoms with E-state index in [-0.39, 0.29) is 0 Å². The second kappa shape index (κ2) is 8.02. The van der Waals surface area contributed by atoms with Crippen molar-refractivity contribution in [2.75, 3.05) is 5.32 Å². The van der Waals surface area contributed by atoms with E-state index in [4.69, 9.17) is 23.2 Å². The maximum atomic E-state index is 6.18. The predicted molar refractivity (Wildman–Crippen MR) is 99.7 cm³/mol. The molecule has 0 fully saturated rings. The molecule has 0 aliphatic rings. The van der Waals surface area contributed by atoms with Gasteiger partial charge in [0.2, 0.25) is 5.13 Å². The summed E-state index contributed by atoms with van der Waals surface area (Å²) >= 11 is 15.5. The minimum absolute atomic E-state index is 0.672. The summed E-state index contributed by atoms with van der Waals surface area (Å²) in [5, 5.41) is 13.8. The average molecular weight is 382 g/mol. The Hall–Kier alpha value is -1.27. The molecule has 0 spiro atoms. The van der Waals surface area contributed by atoms with E-state index in [9.17, 15) is 0 Å². The first-order valence-electron chi connectivity index (χ1n) is 6.89. The fraction of sp³-hybridized carbons (Fsp3) is 0.125. The summed E-state index contributed by atoms with van der Waals surface area (Å²) < 4.78 is 0.886. The largest absolute Gasteiger partial charge is 0.356 e. The molecular formula is C16H13Cl2N3S2. The van der Waals surface area contributed by atoms with Gasteiger partial charge in [-0.25, -0.2) is 0 Å². The zero-order valence-corrected chi connectivity index (χ0v) is 15.1. The fourth-order valence-corrected chi connectivity index (χ4v) is 4.41. The zero-order valence-electron chi connectivity index (χ0n) is 12.0. The lowest BCUT2D eigenvalue weighted by Gasteiger charge is -2.04. The summed E-state index contributed by atoms with van der Waals surface area (Å²) in [6, 6.07) is 15.7. The molecule has 3 rings (SSSR count). The van der Waals surface area contributed by atoms with Crippen LogP contribution in [0.4, 0.5) is 5.13 Å². The first-order valence-corrected chi connectivity index (χ1v) is 9.45. The maximum Gasteiger partial charge on any atom is 0.206 e. The minimum Gasteiger partial charge on any atom is -0.356 e. The summed E-state index contributed by atoms with van der Waals surface area (Å²) in [5.74, 6) is 0.672. The summed E-state index contributed by atoms with van der Waals surface area (Å²) in [7, 11) is 0. The van der Waals surface area contributed by atoms with Crippen molar-refractivity contribution in [1.29, 1.82) is 0 Å². The SMILES string of the molecule is Clc1cccc(Cl)c1CSc1nnc(NCc2ccccc2)s1. The van der Waals surface area contributed by atoms with Crippen molar-refractivity contribution in [3.05, 3.63) is 69.7 Å². The Morgan fingerprint density at radius 3 is 2.43 bits per heavy atom. The Balaban J connectivity index is 1.57. The van der Waals surface area contributed by atoms with E-state index in [0.29, 0.717) is 15.8 Å². The number of anilines is 1. The number of hydrogen-bond acceptors (Lipinski definition) is 5. The molecule has 0 aliphatic heterocycles. The second-order valence-electron chi connectivity index (χ2n) is 4.70. The minimum atomic E-state index is 0.672. The van der Waals surface area contributed by atoms with Crippen molar-refractivity contribution in [3.63, 3.8) is 0 Å². The van der Waals surface area contributed by atoms with Crippen LogP contribution in [0.15, 0.2) is 52.9 Å². The smallest absolute Gasteiger partial charge is 0.206 e. The van der Waals surface area contributed by atoms with Crippen molar-refractivity contribution in [2.24, 2.45) is 0 Å². The number of rotatable bonds is 6. The van der Waals surface area contributed by atoms with Gasteiger partial charge in [0, 0.05) is 22.3 Å². The third kappa shape index (κ3) is 4.61. The van der Waals surface area contributed by atoms with Crippen LogP contribution in [0.3, 0.4) is 0 Å². The number of halogens is 2. The number of thioether (sulfide) groups is 1. The third-order valence-electron chi connectivity index (χ3n) is 3.09. The average Bonchev–Trinajstić information content (AvgIpc) is 3.01. The fourth-order valence-electron chi connectivity index (χ4n) is 1.92. The van der Waals surface area contributed by atoms with E-state index in [1.807, 2.05) is 36.4 Å². The van der Waals surface area contributed by atoms with Gasteiger partial charge in [-0.05, 0) is 23.3 Å². The van der Waals surface area contributed by atoms with Crippen LogP contribution in [0.1, 0.15) is 11.1 Å². The van der Waals surface area contributed by atoms with Crippen molar-refractivity contribution in [1.82, 2.24) is 10.2 Å². The van der Waals surface area contributed by atoms with Crippen LogP contribution < -0.4 is 5.32 Å². The molecular weight excluding hydrogens is 369 g/mol. The summed E-state index contributed by atoms with van der Waals surface area (Å²) in [6.07, 6.45) is 0. The van der Waals surface area contributed by atoms with Gasteiger partial charge in [0.05, 0.1) is 0 Å². The van der Waals surface area contributed by atoms with Crippen LogP contribution in [-0.4, -0.2) is 10.2 Å². The lowest BCUT2D eigenvalue weighted by Crippen LogP contribution is -1.98. The zero-order chi connectivity index (χ0) is 16.1. The molecule has 1 heterocycles. The summed E-state index contributed by atoms with van der Waals surface area (Å²) in [5.41, 5.74) is 2.13. The molecule has 0 radical (unpaired) electrons. The van der Waals surface area contributed by atoms with E-state index in [1.165, 1.54) is 16.9 Å². The highest BCUT2D eigenvalue weighted by Gasteiger charge is 2.09. The van der Waals surface area contributed by atoms with Crippen LogP contribution >= 0.6 is 46.3 Å². The molecule has 0 amide bonds. The van der Waals surface area contributed by atoms with Gasteiger partial charge in [0.25, 0.3) is 0 Å². The lowest BCUT2D eigenvalue weighted by atomic mass is 10.2. The Kier molecular flexibility index (Phi) is 5.78. The number of benzene rings is 2. The topological polar surface area (TPSA) is 37.8 Å². The van der Waals surface area contributed by atoms with Crippen LogP contribution in [0, 0.1) is 0 Å². The number of nitrogens with zero attached hydrogens (tertiary/aromatic N) is 2. The molecule has 0 unspecified atom stereocenters. The molecule has 0 saturated heterocycles. The van der Waals surface area contributed by atoms with Crippen LogP contribution in [-0.2, 0) is 12.3 Å². The van der Waals surface area contributed by atoms with Gasteiger partial charge in [-0.15, -0.1) is 10.2 Å². The van der Waals surface area contributed by atoms with Gasteiger partial charge in [-0.3, -0.25) is 0 Å². The summed E-state index contributed by atoms with van der Waals surface area (Å²) in [6.45, 7) is 0.733. The van der Waals surface area contributed by atoms with Crippen LogP contribution in [0.5, 0.6) is 0 Å². The quantitative estimate of drug-likeness (QED) is 0.551. The van der Waals surface area contributed by atoms with Crippen molar-refractivity contribution >= 4 is 51.4 Å². The number of nitrogens with one attached hydrogen (secondary N) is 1. The third-order valence-corrected chi connectivity index (χ3v) is 5.84. The molecule has 3 aromatic rings. The predicted octanol–water partition coefficient (Wildman–Crippen LogP) is 5.75.